The molecule has 2 unspecified atom stereocenters. The summed E-state index contributed by atoms with van der Waals surface area (Å²) in [5, 5.41) is 14.7. The van der Waals surface area contributed by atoms with Crippen LogP contribution in [0.25, 0.3) is 28.1 Å². The molecule has 16 heteroatoms. The Hall–Kier alpha value is -4.56. The van der Waals surface area contributed by atoms with Gasteiger partial charge < -0.3 is 9.88 Å². The minimum Gasteiger partial charge on any atom is -0.323 e. The van der Waals surface area contributed by atoms with Gasteiger partial charge >= 0.3 is 6.18 Å². The lowest BCUT2D eigenvalue weighted by molar-refractivity contribution is -0.142. The summed E-state index contributed by atoms with van der Waals surface area (Å²) in [6, 6.07) is 7.98. The molecule has 2 bridgehead atoms. The van der Waals surface area contributed by atoms with Crippen molar-refractivity contribution in [3.8, 4) is 28.1 Å². The number of amides is 1. The predicted molar refractivity (Wildman–Crippen MR) is 162 cm³/mol. The number of pyridine rings is 2. The van der Waals surface area contributed by atoms with Gasteiger partial charge in [0.05, 0.1) is 41.2 Å². The van der Waals surface area contributed by atoms with Crippen LogP contribution in [-0.2, 0) is 11.3 Å². The second-order valence-electron chi connectivity index (χ2n) is 10.9. The Morgan fingerprint density at radius 1 is 1.04 bits per heavy atom. The average molecular weight is 675 g/mol. The van der Waals surface area contributed by atoms with E-state index in [1.165, 1.54) is 46.0 Å². The molecule has 10 nitrogen and oxygen atoms in total. The number of nitrogens with zero attached hydrogens (tertiary/aromatic N) is 7. The fourth-order valence-electron chi connectivity index (χ4n) is 5.54. The number of hydrogen-bond donors (Lipinski definition) is 1. The van der Waals surface area contributed by atoms with E-state index in [1.54, 1.807) is 19.1 Å². The van der Waals surface area contributed by atoms with Gasteiger partial charge in [-0.25, -0.2) is 9.07 Å². The maximum atomic E-state index is 16.0. The largest absolute Gasteiger partial charge is 0.408 e. The number of rotatable bonds is 4. The molecule has 0 aliphatic carbocycles. The van der Waals surface area contributed by atoms with Crippen molar-refractivity contribution in [1.29, 1.82) is 0 Å². The minimum absolute atomic E-state index is 0.0245. The summed E-state index contributed by atoms with van der Waals surface area (Å²) in [7, 11) is 0. The lowest BCUT2D eigenvalue weighted by atomic mass is 9.96. The quantitative estimate of drug-likeness (QED) is 0.212. The fraction of sp³-hybridized carbons (Fsp3) is 0.267. The zero-order valence-electron chi connectivity index (χ0n) is 24.0. The van der Waals surface area contributed by atoms with Gasteiger partial charge in [0.15, 0.2) is 5.15 Å². The van der Waals surface area contributed by atoms with Crippen LogP contribution in [0.15, 0.2) is 66.0 Å². The molecule has 0 spiro atoms. The van der Waals surface area contributed by atoms with Crippen molar-refractivity contribution in [3.63, 3.8) is 0 Å². The topological polar surface area (TPSA) is 113 Å². The molecular formula is C30H24Cl2F4N8O2. The SMILES string of the molecule is CC1CCCC(n2cc(F)c(-c3cc(Cl)ccc3-n3cc(Cl)nn3)cc2=O)c2cc(ccn2)-c2c(cnn2CC(F)(F)F)NC1=O. The van der Waals surface area contributed by atoms with Crippen LogP contribution in [0.2, 0.25) is 10.2 Å². The van der Waals surface area contributed by atoms with Gasteiger partial charge in [0.1, 0.15) is 12.4 Å². The van der Waals surface area contributed by atoms with Crippen LogP contribution in [-0.4, -0.2) is 46.4 Å². The Bertz CT molecular complexity index is 2010. The van der Waals surface area contributed by atoms with Crippen LogP contribution < -0.4 is 10.9 Å². The van der Waals surface area contributed by atoms with Crippen molar-refractivity contribution in [1.82, 2.24) is 34.3 Å². The second-order valence-corrected chi connectivity index (χ2v) is 11.7. The van der Waals surface area contributed by atoms with E-state index in [-0.39, 0.29) is 44.7 Å². The van der Waals surface area contributed by atoms with Crippen molar-refractivity contribution in [2.24, 2.45) is 5.92 Å². The van der Waals surface area contributed by atoms with Crippen molar-refractivity contribution >= 4 is 34.8 Å². The number of fused-ring (bicyclic) bond motifs is 4. The summed E-state index contributed by atoms with van der Waals surface area (Å²) in [5.41, 5.74) is 0.741. The average Bonchev–Trinajstić information content (AvgIpc) is 3.60. The molecule has 0 fully saturated rings. The number of halogens is 6. The molecule has 1 N–H and O–H groups in total. The molecule has 5 heterocycles. The Balaban J connectivity index is 1.47. The van der Waals surface area contributed by atoms with Crippen LogP contribution in [0.3, 0.4) is 0 Å². The first kappa shape index (κ1) is 31.4. The minimum atomic E-state index is -4.59. The number of nitrogens with one attached hydrogen (secondary N) is 1. The highest BCUT2D eigenvalue weighted by Crippen LogP contribution is 2.35. The Morgan fingerprint density at radius 2 is 1.85 bits per heavy atom. The summed E-state index contributed by atoms with van der Waals surface area (Å²) in [5.74, 6) is -1.67. The van der Waals surface area contributed by atoms with Gasteiger partial charge in [-0.2, -0.15) is 18.3 Å². The summed E-state index contributed by atoms with van der Waals surface area (Å²) in [6.45, 7) is 0.298. The molecule has 5 aromatic rings. The number of alkyl halides is 3. The van der Waals surface area contributed by atoms with Crippen molar-refractivity contribution < 1.29 is 22.4 Å². The normalized spacial score (nSPS) is 17.2. The number of carbonyl (C=O) groups is 1. The lowest BCUT2D eigenvalue weighted by Crippen LogP contribution is -2.27. The van der Waals surface area contributed by atoms with Crippen molar-refractivity contribution in [3.05, 3.63) is 93.2 Å². The number of carbonyl (C=O) groups excluding carboxylic acids is 1. The Morgan fingerprint density at radius 3 is 2.59 bits per heavy atom. The first-order valence-electron chi connectivity index (χ1n) is 14.1. The summed E-state index contributed by atoms with van der Waals surface area (Å²) < 4.78 is 59.7. The molecular weight excluding hydrogens is 651 g/mol. The lowest BCUT2D eigenvalue weighted by Gasteiger charge is -2.23. The summed E-state index contributed by atoms with van der Waals surface area (Å²) >= 11 is 12.2. The van der Waals surface area contributed by atoms with E-state index in [0.29, 0.717) is 24.2 Å². The molecule has 0 radical (unpaired) electrons. The molecule has 238 valence electrons. The number of aromatic nitrogens is 7. The fourth-order valence-corrected chi connectivity index (χ4v) is 5.84. The van der Waals surface area contributed by atoms with Gasteiger partial charge in [0.2, 0.25) is 5.91 Å². The van der Waals surface area contributed by atoms with E-state index >= 15 is 4.39 Å². The zero-order chi connectivity index (χ0) is 32.7. The number of hydrogen-bond acceptors (Lipinski definition) is 6. The third-order valence-electron chi connectivity index (χ3n) is 7.71. The highest BCUT2D eigenvalue weighted by molar-refractivity contribution is 6.31. The van der Waals surface area contributed by atoms with E-state index in [0.717, 1.165) is 16.9 Å². The van der Waals surface area contributed by atoms with Crippen LogP contribution >= 0.6 is 23.2 Å². The third kappa shape index (κ3) is 6.40. The summed E-state index contributed by atoms with van der Waals surface area (Å²) in [4.78, 5) is 31.1. The number of benzene rings is 1. The first-order valence-corrected chi connectivity index (χ1v) is 14.8. The maximum absolute atomic E-state index is 16.0. The van der Waals surface area contributed by atoms with Crippen LogP contribution in [0, 0.1) is 11.7 Å². The number of anilines is 1. The Labute approximate surface area is 268 Å². The van der Waals surface area contributed by atoms with Gasteiger partial charge in [0.25, 0.3) is 5.56 Å². The smallest absolute Gasteiger partial charge is 0.323 e. The monoisotopic (exact) mass is 674 g/mol. The van der Waals surface area contributed by atoms with Gasteiger partial charge in [-0.15, -0.1) is 5.10 Å². The van der Waals surface area contributed by atoms with E-state index in [2.05, 4.69) is 25.7 Å². The molecule has 4 aromatic heterocycles. The highest BCUT2D eigenvalue weighted by Gasteiger charge is 2.32. The predicted octanol–water partition coefficient (Wildman–Crippen LogP) is 6.71. The van der Waals surface area contributed by atoms with E-state index < -0.39 is 42.0 Å². The molecule has 46 heavy (non-hydrogen) atoms. The van der Waals surface area contributed by atoms with Crippen LogP contribution in [0.1, 0.15) is 37.9 Å². The van der Waals surface area contributed by atoms with Gasteiger partial charge in [-0.3, -0.25) is 19.3 Å². The highest BCUT2D eigenvalue weighted by atomic mass is 35.5. The van der Waals surface area contributed by atoms with Crippen LogP contribution in [0.4, 0.5) is 23.2 Å². The van der Waals surface area contributed by atoms with Gasteiger partial charge in [-0.1, -0.05) is 41.8 Å². The first-order chi connectivity index (χ1) is 21.9. The maximum Gasteiger partial charge on any atom is 0.408 e. The molecule has 2 atom stereocenters. The molecule has 1 amide bonds. The van der Waals surface area contributed by atoms with Gasteiger partial charge in [0, 0.05) is 46.1 Å². The van der Waals surface area contributed by atoms with E-state index in [4.69, 9.17) is 23.2 Å². The molecule has 6 rings (SSSR count). The van der Waals surface area contributed by atoms with Crippen molar-refractivity contribution in [2.75, 3.05) is 5.32 Å². The second kappa shape index (κ2) is 12.3. The molecule has 1 aromatic carbocycles. The zero-order valence-corrected chi connectivity index (χ0v) is 25.5. The van der Waals surface area contributed by atoms with Gasteiger partial charge in [-0.05, 0) is 43.2 Å². The van der Waals surface area contributed by atoms with E-state index in [9.17, 15) is 22.8 Å². The molecule has 0 saturated carbocycles. The molecule has 0 saturated heterocycles. The standard InChI is InChI=1S/C30H24Cl2F4N8O2/c1-16-3-2-4-25(22-9-17(7-8-37-22)28-23(39-29(16)46)12-38-44(28)15-30(34,35)36)42-13-21(33)19(11-27(42)45)20-10-18(31)5-6-24(20)43-14-26(32)40-41-43/h5-14,16,25H,2-4,15H2,1H3,(H,39,46). The molecule has 1 aliphatic heterocycles. The Kier molecular flexibility index (Phi) is 8.42. The van der Waals surface area contributed by atoms with Crippen molar-refractivity contribution in [2.45, 2.75) is 44.9 Å². The molecule has 1 aliphatic rings. The van der Waals surface area contributed by atoms with E-state index in [1.807, 2.05) is 0 Å². The summed E-state index contributed by atoms with van der Waals surface area (Å²) in [6.07, 6.45) is 1.57. The van der Waals surface area contributed by atoms with Crippen LogP contribution in [0.5, 0.6) is 0 Å². The third-order valence-corrected chi connectivity index (χ3v) is 8.12.